The van der Waals surface area contributed by atoms with Crippen molar-refractivity contribution in [3.63, 3.8) is 0 Å². The van der Waals surface area contributed by atoms with Gasteiger partial charge in [0, 0.05) is 12.1 Å². The first-order valence-electron chi connectivity index (χ1n) is 6.95. The second kappa shape index (κ2) is 6.75. The first kappa shape index (κ1) is 15.8. The van der Waals surface area contributed by atoms with E-state index in [-0.39, 0.29) is 0 Å². The fourth-order valence-corrected chi connectivity index (χ4v) is 3.01. The smallest absolute Gasteiger partial charge is 0.329 e. The van der Waals surface area contributed by atoms with Crippen molar-refractivity contribution in [1.29, 1.82) is 0 Å². The van der Waals surface area contributed by atoms with Crippen LogP contribution in [0.25, 0.3) is 0 Å². The van der Waals surface area contributed by atoms with Crippen LogP contribution in [0.15, 0.2) is 0 Å². The van der Waals surface area contributed by atoms with Crippen molar-refractivity contribution in [3.05, 3.63) is 0 Å². The number of alkyl halides is 3. The summed E-state index contributed by atoms with van der Waals surface area (Å²) >= 11 is 0. The van der Waals surface area contributed by atoms with Gasteiger partial charge in [0.05, 0.1) is 6.54 Å². The molecule has 1 saturated carbocycles. The predicted octanol–water partition coefficient (Wildman–Crippen LogP) is 3.31. The number of hydrogen-bond donors (Lipinski definition) is 1. The van der Waals surface area contributed by atoms with E-state index in [1.54, 1.807) is 4.90 Å². The van der Waals surface area contributed by atoms with Crippen LogP contribution in [0.1, 0.15) is 51.9 Å². The molecule has 0 aromatic carbocycles. The van der Waals surface area contributed by atoms with Gasteiger partial charge < -0.3 is 5.73 Å². The lowest BCUT2D eigenvalue weighted by Crippen LogP contribution is -2.56. The van der Waals surface area contributed by atoms with Crippen molar-refractivity contribution in [1.82, 2.24) is 4.90 Å². The normalized spacial score (nSPS) is 21.0. The molecular formula is C13H25F3N2. The third-order valence-electron chi connectivity index (χ3n) is 3.95. The fraction of sp³-hybridized carbons (Fsp3) is 1.00. The highest BCUT2D eigenvalue weighted by molar-refractivity contribution is 4.93. The van der Waals surface area contributed by atoms with Crippen molar-refractivity contribution in [3.8, 4) is 0 Å². The third kappa shape index (κ3) is 4.43. The number of rotatable bonds is 5. The fourth-order valence-electron chi connectivity index (χ4n) is 3.01. The molecule has 0 unspecified atom stereocenters. The summed E-state index contributed by atoms with van der Waals surface area (Å²) in [6.45, 7) is 1.92. The molecule has 0 atom stereocenters. The number of nitrogens with zero attached hydrogens (tertiary/aromatic N) is 1. The van der Waals surface area contributed by atoms with Gasteiger partial charge in [-0.05, 0) is 25.8 Å². The Morgan fingerprint density at radius 1 is 1.11 bits per heavy atom. The van der Waals surface area contributed by atoms with E-state index >= 15 is 0 Å². The van der Waals surface area contributed by atoms with E-state index in [1.165, 1.54) is 0 Å². The topological polar surface area (TPSA) is 29.3 Å². The van der Waals surface area contributed by atoms with Gasteiger partial charge in [-0.3, -0.25) is 4.90 Å². The molecular weight excluding hydrogens is 241 g/mol. The molecule has 0 bridgehead atoms. The molecule has 2 nitrogen and oxygen atoms in total. The summed E-state index contributed by atoms with van der Waals surface area (Å²) in [5.74, 6) is 0. The first-order chi connectivity index (χ1) is 8.43. The van der Waals surface area contributed by atoms with E-state index in [1.807, 2.05) is 6.92 Å². The number of halogens is 3. The average molecular weight is 266 g/mol. The Labute approximate surface area is 108 Å². The summed E-state index contributed by atoms with van der Waals surface area (Å²) in [6, 6.07) is 0. The average Bonchev–Trinajstić information content (AvgIpc) is 2.53. The molecule has 2 N–H and O–H groups in total. The first-order valence-corrected chi connectivity index (χ1v) is 6.95. The Morgan fingerprint density at radius 2 is 1.67 bits per heavy atom. The molecule has 0 radical (unpaired) electrons. The van der Waals surface area contributed by atoms with Crippen LogP contribution in [0.2, 0.25) is 0 Å². The standard InChI is InChI=1S/C13H25F3N2/c1-2-9-18(11-13(14,15)16)12(10-17)7-5-3-4-6-8-12/h2-11,17H2,1H3. The van der Waals surface area contributed by atoms with Gasteiger partial charge in [0.15, 0.2) is 0 Å². The van der Waals surface area contributed by atoms with Crippen LogP contribution >= 0.6 is 0 Å². The Kier molecular flexibility index (Phi) is 5.92. The van der Waals surface area contributed by atoms with E-state index < -0.39 is 18.3 Å². The zero-order valence-corrected chi connectivity index (χ0v) is 11.2. The minimum Gasteiger partial charge on any atom is -0.329 e. The minimum atomic E-state index is -4.14. The van der Waals surface area contributed by atoms with E-state index in [9.17, 15) is 13.2 Å². The Balaban J connectivity index is 2.83. The molecule has 0 amide bonds. The van der Waals surface area contributed by atoms with Gasteiger partial charge in [-0.2, -0.15) is 13.2 Å². The third-order valence-corrected chi connectivity index (χ3v) is 3.95. The van der Waals surface area contributed by atoms with E-state index in [4.69, 9.17) is 5.73 Å². The lowest BCUT2D eigenvalue weighted by molar-refractivity contribution is -0.160. The summed E-state index contributed by atoms with van der Waals surface area (Å²) in [4.78, 5) is 1.60. The van der Waals surface area contributed by atoms with E-state index in [2.05, 4.69) is 0 Å². The van der Waals surface area contributed by atoms with Gasteiger partial charge in [-0.25, -0.2) is 0 Å². The molecule has 0 aliphatic heterocycles. The van der Waals surface area contributed by atoms with Crippen molar-refractivity contribution in [2.75, 3.05) is 19.6 Å². The summed E-state index contributed by atoms with van der Waals surface area (Å²) < 4.78 is 38.1. The molecule has 5 heteroatoms. The molecule has 1 aliphatic carbocycles. The van der Waals surface area contributed by atoms with Gasteiger partial charge in [0.2, 0.25) is 0 Å². The molecule has 0 aromatic rings. The quantitative estimate of drug-likeness (QED) is 0.773. The summed E-state index contributed by atoms with van der Waals surface area (Å²) in [6.07, 6.45) is 2.44. The molecule has 18 heavy (non-hydrogen) atoms. The highest BCUT2D eigenvalue weighted by Crippen LogP contribution is 2.34. The Morgan fingerprint density at radius 3 is 2.06 bits per heavy atom. The molecule has 0 spiro atoms. The van der Waals surface area contributed by atoms with Crippen LogP contribution in [0.4, 0.5) is 13.2 Å². The van der Waals surface area contributed by atoms with Crippen molar-refractivity contribution in [2.24, 2.45) is 5.73 Å². The van der Waals surface area contributed by atoms with Crippen LogP contribution in [0.3, 0.4) is 0 Å². The lowest BCUT2D eigenvalue weighted by atomic mass is 9.87. The molecule has 0 heterocycles. The second-order valence-corrected chi connectivity index (χ2v) is 5.38. The van der Waals surface area contributed by atoms with Gasteiger partial charge in [0.25, 0.3) is 0 Å². The molecule has 1 aliphatic rings. The molecule has 1 fully saturated rings. The van der Waals surface area contributed by atoms with E-state index in [0.29, 0.717) is 13.1 Å². The van der Waals surface area contributed by atoms with Crippen LogP contribution < -0.4 is 5.73 Å². The van der Waals surface area contributed by atoms with Gasteiger partial charge in [-0.1, -0.05) is 32.6 Å². The minimum absolute atomic E-state index is 0.336. The van der Waals surface area contributed by atoms with Crippen molar-refractivity contribution < 1.29 is 13.2 Å². The molecule has 108 valence electrons. The molecule has 0 aromatic heterocycles. The monoisotopic (exact) mass is 266 g/mol. The number of nitrogens with two attached hydrogens (primary N) is 1. The van der Waals surface area contributed by atoms with Gasteiger partial charge in [-0.15, -0.1) is 0 Å². The predicted molar refractivity (Wildman–Crippen MR) is 67.4 cm³/mol. The summed E-state index contributed by atoms with van der Waals surface area (Å²) in [5, 5.41) is 0. The highest BCUT2D eigenvalue weighted by atomic mass is 19.4. The maximum Gasteiger partial charge on any atom is 0.401 e. The largest absolute Gasteiger partial charge is 0.401 e. The van der Waals surface area contributed by atoms with Crippen LogP contribution in [0.5, 0.6) is 0 Å². The van der Waals surface area contributed by atoms with Gasteiger partial charge in [0.1, 0.15) is 0 Å². The Bertz CT molecular complexity index is 233. The zero-order chi connectivity index (χ0) is 13.6. The van der Waals surface area contributed by atoms with Crippen LogP contribution in [-0.2, 0) is 0 Å². The molecule has 0 saturated heterocycles. The summed E-state index contributed by atoms with van der Waals surface area (Å²) in [7, 11) is 0. The SMILES string of the molecule is CCCN(CC(F)(F)F)C1(CN)CCCCCC1. The maximum absolute atomic E-state index is 12.7. The van der Waals surface area contributed by atoms with E-state index in [0.717, 1.165) is 44.9 Å². The van der Waals surface area contributed by atoms with Crippen LogP contribution in [-0.4, -0.2) is 36.2 Å². The second-order valence-electron chi connectivity index (χ2n) is 5.38. The summed E-state index contributed by atoms with van der Waals surface area (Å²) in [5.41, 5.74) is 5.42. The van der Waals surface area contributed by atoms with Crippen LogP contribution in [0, 0.1) is 0 Å². The Hall–Kier alpha value is -0.290. The molecule has 1 rings (SSSR count). The van der Waals surface area contributed by atoms with Crippen molar-refractivity contribution >= 4 is 0 Å². The van der Waals surface area contributed by atoms with Gasteiger partial charge >= 0.3 is 6.18 Å². The lowest BCUT2D eigenvalue weighted by Gasteiger charge is -2.43. The zero-order valence-electron chi connectivity index (χ0n) is 11.2. The maximum atomic E-state index is 12.7. The van der Waals surface area contributed by atoms with Crippen molar-refractivity contribution in [2.45, 2.75) is 63.6 Å². The number of hydrogen-bond acceptors (Lipinski definition) is 2. The highest BCUT2D eigenvalue weighted by Gasteiger charge is 2.41.